The molecule has 1 atom stereocenters. The van der Waals surface area contributed by atoms with Crippen molar-refractivity contribution in [2.75, 3.05) is 54.2 Å². The molecule has 13 nitrogen and oxygen atoms in total. The van der Waals surface area contributed by atoms with Crippen LogP contribution in [0.5, 0.6) is 11.5 Å². The van der Waals surface area contributed by atoms with Crippen LogP contribution in [0.2, 0.25) is 0 Å². The molecule has 2 rings (SSSR count). The normalized spacial score (nSPS) is 12.0. The molecule has 14 heteroatoms. The minimum Gasteiger partial charge on any atom is -0.493 e. The van der Waals surface area contributed by atoms with Gasteiger partial charge >= 0.3 is 5.97 Å². The van der Waals surface area contributed by atoms with Crippen molar-refractivity contribution < 1.29 is 37.0 Å². The standard InChI is InChI=1S/C25H37N5O8S/c1-5-38-23(31)16-30(11-12-35-2)24(32)20(7-6-10-28-25(26)27)29-39(33,34)19-9-8-17-14-21(36-3)22(37-4)15-18(17)13-19/h8-9,13-15,20,29H,5-7,10-12,16H2,1-4H3,(H4,26,27,28)/t20-/m0/s1. The zero-order chi connectivity index (χ0) is 29.0. The number of aliphatic imine (C=N–C) groups is 1. The molecule has 216 valence electrons. The molecule has 0 radical (unpaired) electrons. The Labute approximate surface area is 228 Å². The first-order valence-electron chi connectivity index (χ1n) is 12.2. The highest BCUT2D eigenvalue weighted by atomic mass is 32.2. The molecule has 2 aromatic carbocycles. The van der Waals surface area contributed by atoms with E-state index in [-0.39, 0.29) is 50.1 Å². The Hall–Kier alpha value is -3.62. The van der Waals surface area contributed by atoms with Crippen LogP contribution in [-0.4, -0.2) is 91.4 Å². The van der Waals surface area contributed by atoms with Crippen LogP contribution in [0.15, 0.2) is 40.2 Å². The van der Waals surface area contributed by atoms with E-state index in [0.29, 0.717) is 23.3 Å². The SMILES string of the molecule is CCOC(=O)CN(CCOC)C(=O)[C@H](CCCN=C(N)N)NS(=O)(=O)c1ccc2cc(OC)c(OC)cc2c1. The van der Waals surface area contributed by atoms with Gasteiger partial charge in [0.1, 0.15) is 12.6 Å². The van der Waals surface area contributed by atoms with E-state index in [9.17, 15) is 18.0 Å². The highest BCUT2D eigenvalue weighted by Crippen LogP contribution is 2.33. The van der Waals surface area contributed by atoms with Crippen molar-refractivity contribution in [1.29, 1.82) is 0 Å². The van der Waals surface area contributed by atoms with E-state index in [1.165, 1.54) is 38.4 Å². The second-order valence-electron chi connectivity index (χ2n) is 8.40. The van der Waals surface area contributed by atoms with Gasteiger partial charge in [0.05, 0.1) is 32.3 Å². The number of methoxy groups -OCH3 is 3. The number of carbonyl (C=O) groups excluding carboxylic acids is 2. The van der Waals surface area contributed by atoms with Crippen LogP contribution in [0.25, 0.3) is 10.8 Å². The van der Waals surface area contributed by atoms with E-state index in [1.54, 1.807) is 25.1 Å². The molecule has 2 aromatic rings. The number of nitrogens with two attached hydrogens (primary N) is 2. The topological polar surface area (TPSA) is 185 Å². The first kappa shape index (κ1) is 31.6. The average Bonchev–Trinajstić information content (AvgIpc) is 2.90. The average molecular weight is 568 g/mol. The predicted octanol–water partition coefficient (Wildman–Crippen LogP) is 0.596. The van der Waals surface area contributed by atoms with Crippen LogP contribution >= 0.6 is 0 Å². The highest BCUT2D eigenvalue weighted by Gasteiger charge is 2.30. The van der Waals surface area contributed by atoms with Gasteiger partial charge in [-0.1, -0.05) is 6.07 Å². The Morgan fingerprint density at radius 3 is 2.31 bits per heavy atom. The Balaban J connectivity index is 2.40. The Kier molecular flexibility index (Phi) is 12.2. The van der Waals surface area contributed by atoms with Gasteiger partial charge < -0.3 is 35.3 Å². The number of benzene rings is 2. The lowest BCUT2D eigenvalue weighted by atomic mass is 10.1. The second kappa shape index (κ2) is 15.1. The molecule has 0 unspecified atom stereocenters. The molecule has 5 N–H and O–H groups in total. The molecule has 39 heavy (non-hydrogen) atoms. The molecule has 0 aliphatic carbocycles. The van der Waals surface area contributed by atoms with Crippen molar-refractivity contribution in [3.63, 3.8) is 0 Å². The number of hydrogen-bond acceptors (Lipinski definition) is 9. The number of hydrogen-bond donors (Lipinski definition) is 3. The number of rotatable bonds is 16. The van der Waals surface area contributed by atoms with Crippen LogP contribution in [0.1, 0.15) is 19.8 Å². The molecule has 0 aromatic heterocycles. The maximum atomic E-state index is 13.5. The van der Waals surface area contributed by atoms with Gasteiger partial charge in [-0.05, 0) is 54.8 Å². The lowest BCUT2D eigenvalue weighted by Crippen LogP contribution is -2.51. The van der Waals surface area contributed by atoms with Crippen molar-refractivity contribution in [1.82, 2.24) is 9.62 Å². The molecule has 0 spiro atoms. The maximum Gasteiger partial charge on any atom is 0.325 e. The summed E-state index contributed by atoms with van der Waals surface area (Å²) < 4.78 is 50.1. The molecule has 0 bridgehead atoms. The number of nitrogens with one attached hydrogen (secondary N) is 1. The predicted molar refractivity (Wildman–Crippen MR) is 146 cm³/mol. The molecule has 0 saturated heterocycles. The van der Waals surface area contributed by atoms with Gasteiger partial charge in [0, 0.05) is 20.2 Å². The first-order chi connectivity index (χ1) is 18.6. The number of nitrogens with zero attached hydrogens (tertiary/aromatic N) is 2. The fourth-order valence-electron chi connectivity index (χ4n) is 3.76. The van der Waals surface area contributed by atoms with Crippen molar-refractivity contribution in [2.45, 2.75) is 30.7 Å². The van der Waals surface area contributed by atoms with E-state index >= 15 is 0 Å². The van der Waals surface area contributed by atoms with Gasteiger partial charge in [-0.25, -0.2) is 8.42 Å². The summed E-state index contributed by atoms with van der Waals surface area (Å²) >= 11 is 0. The summed E-state index contributed by atoms with van der Waals surface area (Å²) in [6.07, 6.45) is 0.364. The summed E-state index contributed by atoms with van der Waals surface area (Å²) in [5.41, 5.74) is 10.8. The quantitative estimate of drug-likeness (QED) is 0.112. The van der Waals surface area contributed by atoms with Crippen LogP contribution < -0.4 is 25.7 Å². The van der Waals surface area contributed by atoms with Gasteiger partial charge in [-0.2, -0.15) is 4.72 Å². The van der Waals surface area contributed by atoms with E-state index in [4.69, 9.17) is 30.4 Å². The minimum atomic E-state index is -4.18. The van der Waals surface area contributed by atoms with Gasteiger partial charge in [0.2, 0.25) is 15.9 Å². The zero-order valence-electron chi connectivity index (χ0n) is 22.6. The lowest BCUT2D eigenvalue weighted by molar-refractivity contribution is -0.149. The summed E-state index contributed by atoms with van der Waals surface area (Å²) in [4.78, 5) is 30.7. The second-order valence-corrected chi connectivity index (χ2v) is 10.1. The fourth-order valence-corrected chi connectivity index (χ4v) is 5.02. The highest BCUT2D eigenvalue weighted by molar-refractivity contribution is 7.89. The Bertz CT molecular complexity index is 1260. The number of guanidine groups is 1. The van der Waals surface area contributed by atoms with Crippen molar-refractivity contribution in [3.05, 3.63) is 30.3 Å². The minimum absolute atomic E-state index is 0.0535. The van der Waals surface area contributed by atoms with Crippen molar-refractivity contribution >= 4 is 38.6 Å². The lowest BCUT2D eigenvalue weighted by Gasteiger charge is -2.27. The molecule has 0 saturated carbocycles. The summed E-state index contributed by atoms with van der Waals surface area (Å²) in [6.45, 7) is 1.79. The molecule has 0 fully saturated rings. The first-order valence-corrected chi connectivity index (χ1v) is 13.7. The Morgan fingerprint density at radius 2 is 1.72 bits per heavy atom. The molecule has 0 aliphatic heterocycles. The third kappa shape index (κ3) is 9.26. The van der Waals surface area contributed by atoms with E-state index in [2.05, 4.69) is 9.71 Å². The summed E-state index contributed by atoms with van der Waals surface area (Å²) in [7, 11) is 0.262. The largest absolute Gasteiger partial charge is 0.493 e. The monoisotopic (exact) mass is 567 g/mol. The number of sulfonamides is 1. The maximum absolute atomic E-state index is 13.5. The number of ether oxygens (including phenoxy) is 4. The third-order valence-corrected chi connectivity index (χ3v) is 7.14. The van der Waals surface area contributed by atoms with Gasteiger partial charge in [0.15, 0.2) is 17.5 Å². The van der Waals surface area contributed by atoms with Crippen LogP contribution in [-0.2, 0) is 29.1 Å². The molecule has 0 heterocycles. The number of amides is 1. The summed E-state index contributed by atoms with van der Waals surface area (Å²) in [5.74, 6) is -0.412. The number of carbonyl (C=O) groups is 2. The van der Waals surface area contributed by atoms with E-state index < -0.39 is 27.9 Å². The number of fused-ring (bicyclic) bond motifs is 1. The van der Waals surface area contributed by atoms with Crippen LogP contribution in [0.4, 0.5) is 0 Å². The van der Waals surface area contributed by atoms with Crippen LogP contribution in [0, 0.1) is 0 Å². The third-order valence-electron chi connectivity index (χ3n) is 5.67. The molecular formula is C25H37N5O8S. The van der Waals surface area contributed by atoms with E-state index in [1.807, 2.05) is 0 Å². The zero-order valence-corrected chi connectivity index (χ0v) is 23.5. The molecular weight excluding hydrogens is 530 g/mol. The van der Waals surface area contributed by atoms with Gasteiger partial charge in [-0.3, -0.25) is 14.6 Å². The van der Waals surface area contributed by atoms with Crippen molar-refractivity contribution in [2.24, 2.45) is 16.5 Å². The fraction of sp³-hybridized carbons (Fsp3) is 0.480. The molecule has 1 amide bonds. The van der Waals surface area contributed by atoms with Gasteiger partial charge in [-0.15, -0.1) is 0 Å². The summed E-state index contributed by atoms with van der Waals surface area (Å²) in [6, 6.07) is 6.72. The smallest absolute Gasteiger partial charge is 0.325 e. The van der Waals surface area contributed by atoms with E-state index in [0.717, 1.165) is 5.39 Å². The number of esters is 1. The van der Waals surface area contributed by atoms with Gasteiger partial charge in [0.25, 0.3) is 0 Å². The van der Waals surface area contributed by atoms with Crippen LogP contribution in [0.3, 0.4) is 0 Å². The molecule has 0 aliphatic rings. The summed E-state index contributed by atoms with van der Waals surface area (Å²) in [5, 5.41) is 1.33. The Morgan fingerprint density at radius 1 is 1.05 bits per heavy atom. The van der Waals surface area contributed by atoms with Crippen molar-refractivity contribution in [3.8, 4) is 11.5 Å².